The van der Waals surface area contributed by atoms with Crippen molar-refractivity contribution in [2.24, 2.45) is 11.7 Å². The number of hydrogen-bond donors (Lipinski definition) is 2. The summed E-state index contributed by atoms with van der Waals surface area (Å²) in [5, 5.41) is 2.80. The number of likely N-dealkylation sites (tertiary alicyclic amines) is 1. The summed E-state index contributed by atoms with van der Waals surface area (Å²) in [5.41, 5.74) is 6.12. The molecule has 9 heteroatoms. The first-order chi connectivity index (χ1) is 13.5. The lowest BCUT2D eigenvalue weighted by molar-refractivity contribution is -0.135. The second-order valence-corrected chi connectivity index (χ2v) is 7.23. The average molecular weight is 425 g/mol. The van der Waals surface area contributed by atoms with Crippen molar-refractivity contribution < 1.29 is 19.1 Å². The van der Waals surface area contributed by atoms with Gasteiger partial charge in [0.1, 0.15) is 5.75 Å². The number of rotatable bonds is 6. The second-order valence-electron chi connectivity index (χ2n) is 7.23. The molecule has 1 aromatic carbocycles. The standard InChI is InChI=1S/C20H28N4O4.ClH/c1-14-20(27)24(16-6-2-3-7-17(16)28-14)12-8-18(25)23-11-4-5-15(13-23)19(26)22-10-9-21;/h2-3,6-7,14-15H,4-5,8-13,21H2,1H3,(H,22,26);1H. The van der Waals surface area contributed by atoms with E-state index in [1.165, 1.54) is 0 Å². The van der Waals surface area contributed by atoms with Crippen LogP contribution < -0.4 is 20.7 Å². The Morgan fingerprint density at radius 3 is 2.83 bits per heavy atom. The fourth-order valence-corrected chi connectivity index (χ4v) is 3.71. The lowest BCUT2D eigenvalue weighted by Gasteiger charge is -2.35. The summed E-state index contributed by atoms with van der Waals surface area (Å²) in [6.45, 7) is 3.91. The highest BCUT2D eigenvalue weighted by molar-refractivity contribution is 6.00. The van der Waals surface area contributed by atoms with Gasteiger partial charge in [0.05, 0.1) is 11.6 Å². The molecule has 3 amide bonds. The van der Waals surface area contributed by atoms with Crippen molar-refractivity contribution in [3.05, 3.63) is 24.3 Å². The first-order valence-corrected chi connectivity index (χ1v) is 9.84. The van der Waals surface area contributed by atoms with Gasteiger partial charge in [-0.2, -0.15) is 0 Å². The summed E-state index contributed by atoms with van der Waals surface area (Å²) in [6.07, 6.45) is 1.20. The molecule has 3 N–H and O–H groups in total. The van der Waals surface area contributed by atoms with Crippen LogP contribution in [0.4, 0.5) is 5.69 Å². The number of fused-ring (bicyclic) bond motifs is 1. The topological polar surface area (TPSA) is 105 Å². The number of hydrogen-bond acceptors (Lipinski definition) is 5. The number of carbonyl (C=O) groups is 3. The third-order valence-corrected chi connectivity index (χ3v) is 5.21. The Morgan fingerprint density at radius 2 is 2.07 bits per heavy atom. The van der Waals surface area contributed by atoms with Gasteiger partial charge in [-0.05, 0) is 31.9 Å². The monoisotopic (exact) mass is 424 g/mol. The van der Waals surface area contributed by atoms with Gasteiger partial charge in [0.2, 0.25) is 11.8 Å². The Kier molecular flexibility index (Phi) is 8.28. The van der Waals surface area contributed by atoms with E-state index in [1.807, 2.05) is 24.3 Å². The van der Waals surface area contributed by atoms with E-state index in [0.717, 1.165) is 12.8 Å². The SMILES string of the molecule is CC1Oc2ccccc2N(CCC(=O)N2CCCC(C(=O)NCCN)C2)C1=O.Cl. The Bertz CT molecular complexity index is 745. The average Bonchev–Trinajstić information content (AvgIpc) is 2.72. The molecule has 2 atom stereocenters. The number of carbonyl (C=O) groups excluding carboxylic acids is 3. The number of piperidine rings is 1. The second kappa shape index (κ2) is 10.5. The quantitative estimate of drug-likeness (QED) is 0.706. The molecule has 0 spiro atoms. The van der Waals surface area contributed by atoms with Gasteiger partial charge in [-0.25, -0.2) is 0 Å². The zero-order chi connectivity index (χ0) is 20.1. The fourth-order valence-electron chi connectivity index (χ4n) is 3.71. The van der Waals surface area contributed by atoms with Crippen LogP contribution >= 0.6 is 12.4 Å². The smallest absolute Gasteiger partial charge is 0.267 e. The normalized spacial score (nSPS) is 21.0. The number of nitrogens with two attached hydrogens (primary N) is 1. The van der Waals surface area contributed by atoms with E-state index < -0.39 is 6.10 Å². The van der Waals surface area contributed by atoms with Crippen molar-refractivity contribution in [2.75, 3.05) is 37.6 Å². The van der Waals surface area contributed by atoms with Crippen molar-refractivity contribution in [3.63, 3.8) is 0 Å². The minimum Gasteiger partial charge on any atom is -0.479 e. The van der Waals surface area contributed by atoms with Crippen LogP contribution in [-0.4, -0.2) is 61.4 Å². The lowest BCUT2D eigenvalue weighted by atomic mass is 9.97. The Morgan fingerprint density at radius 1 is 1.31 bits per heavy atom. The predicted octanol–water partition coefficient (Wildman–Crippen LogP) is 0.926. The summed E-state index contributed by atoms with van der Waals surface area (Å²) in [5.74, 6) is 0.214. The molecule has 0 saturated carbocycles. The van der Waals surface area contributed by atoms with Crippen molar-refractivity contribution in [3.8, 4) is 5.75 Å². The van der Waals surface area contributed by atoms with E-state index in [9.17, 15) is 14.4 Å². The number of halogens is 1. The third-order valence-electron chi connectivity index (χ3n) is 5.21. The van der Waals surface area contributed by atoms with E-state index in [1.54, 1.807) is 16.7 Å². The summed E-state index contributed by atoms with van der Waals surface area (Å²) in [6, 6.07) is 7.34. The number of benzene rings is 1. The number of nitrogens with zero attached hydrogens (tertiary/aromatic N) is 2. The number of ether oxygens (including phenoxy) is 1. The van der Waals surface area contributed by atoms with Gasteiger partial charge in [0.15, 0.2) is 6.10 Å². The Balaban J connectivity index is 0.00000300. The van der Waals surface area contributed by atoms with Crippen molar-refractivity contribution >= 4 is 35.8 Å². The van der Waals surface area contributed by atoms with Crippen LogP contribution in [0.3, 0.4) is 0 Å². The summed E-state index contributed by atoms with van der Waals surface area (Å²) in [4.78, 5) is 40.8. The maximum Gasteiger partial charge on any atom is 0.267 e. The Hall–Kier alpha value is -2.32. The molecule has 1 aromatic rings. The van der Waals surface area contributed by atoms with Crippen molar-refractivity contribution in [2.45, 2.75) is 32.3 Å². The molecule has 0 aromatic heterocycles. The highest BCUT2D eigenvalue weighted by Gasteiger charge is 2.33. The van der Waals surface area contributed by atoms with E-state index in [0.29, 0.717) is 44.2 Å². The summed E-state index contributed by atoms with van der Waals surface area (Å²) >= 11 is 0. The number of para-hydroxylation sites is 2. The molecule has 2 unspecified atom stereocenters. The molecule has 0 radical (unpaired) electrons. The minimum absolute atomic E-state index is 0. The van der Waals surface area contributed by atoms with Crippen molar-refractivity contribution in [1.29, 1.82) is 0 Å². The van der Waals surface area contributed by atoms with Gasteiger partial charge >= 0.3 is 0 Å². The third kappa shape index (κ3) is 5.39. The maximum absolute atomic E-state index is 12.7. The van der Waals surface area contributed by atoms with Crippen LogP contribution in [0.15, 0.2) is 24.3 Å². The molecular weight excluding hydrogens is 396 g/mol. The molecule has 1 saturated heterocycles. The van der Waals surface area contributed by atoms with Crippen LogP contribution in [0.1, 0.15) is 26.2 Å². The van der Waals surface area contributed by atoms with Gasteiger partial charge in [-0.15, -0.1) is 12.4 Å². The van der Waals surface area contributed by atoms with Gasteiger partial charge in [0, 0.05) is 39.1 Å². The van der Waals surface area contributed by atoms with Crippen molar-refractivity contribution in [1.82, 2.24) is 10.2 Å². The fraction of sp³-hybridized carbons (Fsp3) is 0.550. The number of anilines is 1. The molecule has 8 nitrogen and oxygen atoms in total. The molecule has 1 fully saturated rings. The van der Waals surface area contributed by atoms with E-state index >= 15 is 0 Å². The summed E-state index contributed by atoms with van der Waals surface area (Å²) in [7, 11) is 0. The van der Waals surface area contributed by atoms with Crippen LogP contribution in [0.25, 0.3) is 0 Å². The predicted molar refractivity (Wildman–Crippen MR) is 112 cm³/mol. The van der Waals surface area contributed by atoms with Crippen LogP contribution in [0.2, 0.25) is 0 Å². The zero-order valence-corrected chi connectivity index (χ0v) is 17.5. The van der Waals surface area contributed by atoms with Crippen LogP contribution in [-0.2, 0) is 14.4 Å². The summed E-state index contributed by atoms with van der Waals surface area (Å²) < 4.78 is 5.63. The largest absolute Gasteiger partial charge is 0.479 e. The molecule has 2 aliphatic rings. The van der Waals surface area contributed by atoms with Gasteiger partial charge in [0.25, 0.3) is 5.91 Å². The minimum atomic E-state index is -0.574. The van der Waals surface area contributed by atoms with Crippen LogP contribution in [0, 0.1) is 5.92 Å². The molecule has 29 heavy (non-hydrogen) atoms. The van der Waals surface area contributed by atoms with E-state index in [2.05, 4.69) is 5.32 Å². The zero-order valence-electron chi connectivity index (χ0n) is 16.6. The maximum atomic E-state index is 12.7. The number of amides is 3. The molecule has 2 heterocycles. The van der Waals surface area contributed by atoms with Gasteiger partial charge < -0.3 is 25.6 Å². The lowest BCUT2D eigenvalue weighted by Crippen LogP contribution is -2.48. The highest BCUT2D eigenvalue weighted by atomic mass is 35.5. The molecule has 0 bridgehead atoms. The van der Waals surface area contributed by atoms with E-state index in [4.69, 9.17) is 10.5 Å². The number of nitrogens with one attached hydrogen (secondary N) is 1. The molecule has 0 aliphatic carbocycles. The molecule has 160 valence electrons. The van der Waals surface area contributed by atoms with E-state index in [-0.39, 0.29) is 42.5 Å². The highest BCUT2D eigenvalue weighted by Crippen LogP contribution is 2.33. The molecule has 2 aliphatic heterocycles. The van der Waals surface area contributed by atoms with Crippen LogP contribution in [0.5, 0.6) is 5.75 Å². The molecular formula is C20H29ClN4O4. The van der Waals surface area contributed by atoms with Gasteiger partial charge in [-0.1, -0.05) is 12.1 Å². The Labute approximate surface area is 177 Å². The first-order valence-electron chi connectivity index (χ1n) is 9.84. The molecule has 3 rings (SSSR count). The van der Waals surface area contributed by atoms with Gasteiger partial charge in [-0.3, -0.25) is 14.4 Å². The first kappa shape index (κ1) is 23.0.